The lowest BCUT2D eigenvalue weighted by Crippen LogP contribution is -1.97. The Hall–Kier alpha value is -2.49. The van der Waals surface area contributed by atoms with E-state index in [1.54, 1.807) is 12.1 Å². The van der Waals surface area contributed by atoms with Gasteiger partial charge in [-0.05, 0) is 17.7 Å². The Morgan fingerprint density at radius 3 is 2.63 bits per heavy atom. The van der Waals surface area contributed by atoms with Crippen molar-refractivity contribution in [3.8, 4) is 17.2 Å². The summed E-state index contributed by atoms with van der Waals surface area (Å²) in [6.45, 7) is 0.555. The molecule has 0 N–H and O–H groups in total. The first-order chi connectivity index (χ1) is 9.38. The number of aldehydes is 1. The Balaban J connectivity index is 1.82. The van der Waals surface area contributed by atoms with E-state index in [0.717, 1.165) is 11.8 Å². The first-order valence-corrected chi connectivity index (χ1v) is 5.93. The molecule has 1 aliphatic rings. The van der Waals surface area contributed by atoms with Gasteiger partial charge in [0.1, 0.15) is 6.61 Å². The van der Waals surface area contributed by atoms with Gasteiger partial charge in [0.25, 0.3) is 0 Å². The topological polar surface area (TPSA) is 44.8 Å². The second kappa shape index (κ2) is 5.02. The third kappa shape index (κ3) is 2.25. The third-order valence-electron chi connectivity index (χ3n) is 2.88. The minimum Gasteiger partial charge on any atom is -0.485 e. The zero-order valence-electron chi connectivity index (χ0n) is 10.2. The Morgan fingerprint density at radius 2 is 1.84 bits per heavy atom. The van der Waals surface area contributed by atoms with E-state index in [2.05, 4.69) is 0 Å². The molecule has 2 aromatic rings. The zero-order chi connectivity index (χ0) is 13.1. The lowest BCUT2D eigenvalue weighted by Gasteiger charge is -2.09. The monoisotopic (exact) mass is 256 g/mol. The van der Waals surface area contributed by atoms with Gasteiger partial charge in [0.2, 0.25) is 12.5 Å². The van der Waals surface area contributed by atoms with Crippen molar-refractivity contribution < 1.29 is 19.0 Å². The molecule has 0 radical (unpaired) electrons. The fourth-order valence-corrected chi connectivity index (χ4v) is 1.93. The summed E-state index contributed by atoms with van der Waals surface area (Å²) < 4.78 is 16.3. The predicted molar refractivity (Wildman–Crippen MR) is 68.7 cm³/mol. The average Bonchev–Trinajstić information content (AvgIpc) is 2.95. The average molecular weight is 256 g/mol. The number of ether oxygens (including phenoxy) is 3. The number of fused-ring (bicyclic) bond motifs is 1. The van der Waals surface area contributed by atoms with Crippen molar-refractivity contribution in [3.05, 3.63) is 53.6 Å². The van der Waals surface area contributed by atoms with Crippen LogP contribution in [0.3, 0.4) is 0 Å². The van der Waals surface area contributed by atoms with Crippen LogP contribution in [0.1, 0.15) is 15.9 Å². The second-order valence-corrected chi connectivity index (χ2v) is 4.11. The van der Waals surface area contributed by atoms with Crippen molar-refractivity contribution in [2.45, 2.75) is 6.61 Å². The van der Waals surface area contributed by atoms with Crippen LogP contribution in [0.4, 0.5) is 0 Å². The van der Waals surface area contributed by atoms with E-state index >= 15 is 0 Å². The van der Waals surface area contributed by atoms with Gasteiger partial charge in [-0.15, -0.1) is 0 Å². The van der Waals surface area contributed by atoms with Crippen molar-refractivity contribution in [1.82, 2.24) is 0 Å². The van der Waals surface area contributed by atoms with Gasteiger partial charge in [-0.25, -0.2) is 0 Å². The number of carbonyl (C=O) groups excluding carboxylic acids is 1. The van der Waals surface area contributed by atoms with Crippen LogP contribution in [0.15, 0.2) is 42.5 Å². The summed E-state index contributed by atoms with van der Waals surface area (Å²) in [5, 5.41) is 0. The van der Waals surface area contributed by atoms with Crippen molar-refractivity contribution in [1.29, 1.82) is 0 Å². The fourth-order valence-electron chi connectivity index (χ4n) is 1.93. The number of carbonyl (C=O) groups is 1. The SMILES string of the molecule is O=Cc1ccc(OCc2ccccc2)c2c1OCO2. The lowest BCUT2D eigenvalue weighted by atomic mass is 10.2. The molecule has 3 rings (SSSR count). The molecule has 0 saturated heterocycles. The number of hydrogen-bond acceptors (Lipinski definition) is 4. The van der Waals surface area contributed by atoms with Crippen molar-refractivity contribution in [2.75, 3.05) is 6.79 Å². The van der Waals surface area contributed by atoms with Crippen LogP contribution in [-0.4, -0.2) is 13.1 Å². The minimum absolute atomic E-state index is 0.113. The summed E-state index contributed by atoms with van der Waals surface area (Å²) in [6.07, 6.45) is 0.745. The van der Waals surface area contributed by atoms with E-state index in [4.69, 9.17) is 14.2 Å². The highest BCUT2D eigenvalue weighted by molar-refractivity contribution is 5.82. The standard InChI is InChI=1S/C15H12O4/c16-8-12-6-7-13(15-14(12)18-10-19-15)17-9-11-4-2-1-3-5-11/h1-8H,9-10H2. The lowest BCUT2D eigenvalue weighted by molar-refractivity contribution is 0.111. The van der Waals surface area contributed by atoms with Gasteiger partial charge in [-0.3, -0.25) is 4.79 Å². The highest BCUT2D eigenvalue weighted by atomic mass is 16.7. The summed E-state index contributed by atoms with van der Waals surface area (Å²) in [7, 11) is 0. The second-order valence-electron chi connectivity index (χ2n) is 4.11. The molecule has 96 valence electrons. The molecular formula is C15H12O4. The molecule has 1 heterocycles. The van der Waals surface area contributed by atoms with Gasteiger partial charge in [0.05, 0.1) is 5.56 Å². The molecule has 19 heavy (non-hydrogen) atoms. The minimum atomic E-state index is 0.113. The predicted octanol–water partition coefficient (Wildman–Crippen LogP) is 2.81. The third-order valence-corrected chi connectivity index (χ3v) is 2.88. The molecule has 4 nitrogen and oxygen atoms in total. The van der Waals surface area contributed by atoms with E-state index in [-0.39, 0.29) is 6.79 Å². The van der Waals surface area contributed by atoms with Crippen LogP contribution in [0.2, 0.25) is 0 Å². The van der Waals surface area contributed by atoms with Crippen LogP contribution in [0, 0.1) is 0 Å². The maximum absolute atomic E-state index is 10.9. The van der Waals surface area contributed by atoms with E-state index in [1.807, 2.05) is 30.3 Å². The molecule has 0 spiro atoms. The molecule has 0 atom stereocenters. The molecule has 1 aliphatic heterocycles. The van der Waals surface area contributed by atoms with Crippen LogP contribution in [0.5, 0.6) is 17.2 Å². The highest BCUT2D eigenvalue weighted by Crippen LogP contribution is 2.43. The van der Waals surface area contributed by atoms with E-state index in [0.29, 0.717) is 29.4 Å². The molecule has 0 aromatic heterocycles. The first-order valence-electron chi connectivity index (χ1n) is 5.93. The molecular weight excluding hydrogens is 244 g/mol. The molecule has 0 unspecified atom stereocenters. The Morgan fingerprint density at radius 1 is 1.05 bits per heavy atom. The highest BCUT2D eigenvalue weighted by Gasteiger charge is 2.22. The Kier molecular flexibility index (Phi) is 3.06. The molecule has 0 fully saturated rings. The van der Waals surface area contributed by atoms with Gasteiger partial charge < -0.3 is 14.2 Å². The summed E-state index contributed by atoms with van der Waals surface area (Å²) in [4.78, 5) is 10.9. The zero-order valence-corrected chi connectivity index (χ0v) is 10.2. The van der Waals surface area contributed by atoms with Crippen LogP contribution in [-0.2, 0) is 6.61 Å². The van der Waals surface area contributed by atoms with E-state index < -0.39 is 0 Å². The van der Waals surface area contributed by atoms with Crippen LogP contribution >= 0.6 is 0 Å². The number of rotatable bonds is 4. The summed E-state index contributed by atoms with van der Waals surface area (Å²) in [5.41, 5.74) is 1.54. The largest absolute Gasteiger partial charge is 0.485 e. The van der Waals surface area contributed by atoms with Crippen LogP contribution < -0.4 is 14.2 Å². The van der Waals surface area contributed by atoms with E-state index in [1.165, 1.54) is 0 Å². The molecule has 0 saturated carbocycles. The Labute approximate surface area is 110 Å². The normalized spacial score (nSPS) is 12.2. The number of benzene rings is 2. The first kappa shape index (κ1) is 11.6. The quantitative estimate of drug-likeness (QED) is 0.789. The maximum Gasteiger partial charge on any atom is 0.231 e. The maximum atomic E-state index is 10.9. The van der Waals surface area contributed by atoms with Gasteiger partial charge >= 0.3 is 0 Å². The van der Waals surface area contributed by atoms with Crippen molar-refractivity contribution in [3.63, 3.8) is 0 Å². The number of hydrogen-bond donors (Lipinski definition) is 0. The molecule has 0 bridgehead atoms. The smallest absolute Gasteiger partial charge is 0.231 e. The Bertz CT molecular complexity index is 593. The molecule has 4 heteroatoms. The van der Waals surface area contributed by atoms with Gasteiger partial charge in [-0.2, -0.15) is 0 Å². The van der Waals surface area contributed by atoms with Gasteiger partial charge in [0.15, 0.2) is 17.8 Å². The van der Waals surface area contributed by atoms with Crippen molar-refractivity contribution in [2.24, 2.45) is 0 Å². The summed E-state index contributed by atoms with van der Waals surface area (Å²) in [5.74, 6) is 1.54. The fraction of sp³-hybridized carbons (Fsp3) is 0.133. The molecule has 0 aliphatic carbocycles. The van der Waals surface area contributed by atoms with Gasteiger partial charge in [0, 0.05) is 0 Å². The van der Waals surface area contributed by atoms with Crippen LogP contribution in [0.25, 0.3) is 0 Å². The van der Waals surface area contributed by atoms with E-state index in [9.17, 15) is 4.79 Å². The summed E-state index contributed by atoms with van der Waals surface area (Å²) >= 11 is 0. The van der Waals surface area contributed by atoms with Crippen molar-refractivity contribution >= 4 is 6.29 Å². The molecule has 2 aromatic carbocycles. The van der Waals surface area contributed by atoms with Gasteiger partial charge in [-0.1, -0.05) is 30.3 Å². The molecule has 0 amide bonds. The summed E-state index contributed by atoms with van der Waals surface area (Å²) in [6, 6.07) is 13.2.